The van der Waals surface area contributed by atoms with Crippen molar-refractivity contribution in [3.05, 3.63) is 89.9 Å². The molecule has 3 amide bonds. The van der Waals surface area contributed by atoms with Gasteiger partial charge >= 0.3 is 6.09 Å². The van der Waals surface area contributed by atoms with E-state index in [0.717, 1.165) is 23.8 Å². The Balaban J connectivity index is 1.19. The second kappa shape index (κ2) is 20.7. The van der Waals surface area contributed by atoms with Gasteiger partial charge in [0.25, 0.3) is 0 Å². The van der Waals surface area contributed by atoms with E-state index in [9.17, 15) is 29.0 Å². The van der Waals surface area contributed by atoms with Gasteiger partial charge in [0.05, 0.1) is 32.1 Å². The molecule has 2 fully saturated rings. The van der Waals surface area contributed by atoms with Crippen LogP contribution in [0.15, 0.2) is 66.9 Å². The zero-order chi connectivity index (χ0) is 41.0. The summed E-state index contributed by atoms with van der Waals surface area (Å²) in [5, 5.41) is 28.3. The number of aliphatic hydroxyl groups excluding tert-OH is 2. The number of carbonyl (C=O) groups is 3. The van der Waals surface area contributed by atoms with E-state index in [4.69, 9.17) is 19.2 Å². The molecular weight excluding hydrogens is 761 g/mol. The summed E-state index contributed by atoms with van der Waals surface area (Å²) in [7, 11) is 0. The summed E-state index contributed by atoms with van der Waals surface area (Å²) >= 11 is 0. The maximum Gasteiger partial charge on any atom is 0.407 e. The lowest BCUT2D eigenvalue weighted by Gasteiger charge is -2.36. The number of carbonyl (C=O) groups excluding carboxylic acids is 3. The second-order valence-electron chi connectivity index (χ2n) is 14.8. The van der Waals surface area contributed by atoms with Crippen LogP contribution >= 0.6 is 0 Å². The molecule has 14 nitrogen and oxygen atoms in total. The zero-order valence-electron chi connectivity index (χ0n) is 32.1. The van der Waals surface area contributed by atoms with Crippen molar-refractivity contribution in [3.63, 3.8) is 0 Å². The van der Waals surface area contributed by atoms with E-state index >= 15 is 8.78 Å². The van der Waals surface area contributed by atoms with Crippen LogP contribution in [-0.2, 0) is 30.3 Å². The predicted octanol–water partition coefficient (Wildman–Crippen LogP) is 2.89. The van der Waals surface area contributed by atoms with Crippen molar-refractivity contribution in [2.45, 2.75) is 50.2 Å². The minimum absolute atomic E-state index is 0.0349. The number of nitrogens with zero attached hydrogens (tertiary/aromatic N) is 3. The molecule has 1 aromatic heterocycles. The Morgan fingerprint density at radius 3 is 2.57 bits per heavy atom. The number of rotatable bonds is 19. The summed E-state index contributed by atoms with van der Waals surface area (Å²) in [6.07, 6.45) is 1.37. The maximum absolute atomic E-state index is 15.3. The lowest BCUT2D eigenvalue weighted by molar-refractivity contribution is -0.132. The third-order valence-corrected chi connectivity index (χ3v) is 10.9. The van der Waals surface area contributed by atoms with E-state index in [1.807, 2.05) is 34.9 Å². The van der Waals surface area contributed by atoms with Crippen LogP contribution in [0.5, 0.6) is 0 Å². The number of amides is 3. The highest BCUT2D eigenvalue weighted by atomic mass is 19.1. The van der Waals surface area contributed by atoms with Crippen LogP contribution in [0.4, 0.5) is 18.0 Å². The molecule has 0 radical (unpaired) electrons. The van der Waals surface area contributed by atoms with Gasteiger partial charge in [-0.05, 0) is 55.0 Å². The van der Waals surface area contributed by atoms with Crippen LogP contribution in [0, 0.1) is 29.4 Å². The van der Waals surface area contributed by atoms with E-state index < -0.39 is 66.5 Å². The third-order valence-electron chi connectivity index (χ3n) is 10.9. The van der Waals surface area contributed by atoms with E-state index in [0.29, 0.717) is 45.0 Å². The molecule has 6 rings (SSSR count). The molecule has 3 aliphatic heterocycles. The molecule has 2 aromatic carbocycles. The number of aliphatic hydroxyl groups is 2. The Labute approximate surface area is 334 Å². The molecule has 2 saturated heterocycles. The zero-order valence-corrected chi connectivity index (χ0v) is 32.1. The number of halogens is 3. The Morgan fingerprint density at radius 1 is 1.07 bits per heavy atom. The molecule has 5 N–H and O–H groups in total. The highest BCUT2D eigenvalue weighted by molar-refractivity contribution is 5.90. The summed E-state index contributed by atoms with van der Waals surface area (Å²) in [6, 6.07) is 12.7. The molecule has 314 valence electrons. The smallest absolute Gasteiger partial charge is 0.407 e. The summed E-state index contributed by atoms with van der Waals surface area (Å²) in [6.45, 7) is 1.20. The number of nitrogens with one attached hydrogen (secondary N) is 3. The van der Waals surface area contributed by atoms with Crippen molar-refractivity contribution in [1.29, 1.82) is 0 Å². The second-order valence-corrected chi connectivity index (χ2v) is 14.8. The van der Waals surface area contributed by atoms with Crippen molar-refractivity contribution in [2.75, 3.05) is 65.8 Å². The molecule has 6 atom stereocenters. The van der Waals surface area contributed by atoms with Gasteiger partial charge in [0, 0.05) is 81.5 Å². The van der Waals surface area contributed by atoms with E-state index in [-0.39, 0.29) is 68.9 Å². The monoisotopic (exact) mass is 812 g/mol. The van der Waals surface area contributed by atoms with Gasteiger partial charge in [0.15, 0.2) is 0 Å². The molecule has 0 bridgehead atoms. The number of alkyl halides is 1. The van der Waals surface area contributed by atoms with Crippen molar-refractivity contribution in [1.82, 2.24) is 30.4 Å². The average Bonchev–Trinajstić information content (AvgIpc) is 3.93. The van der Waals surface area contributed by atoms with Gasteiger partial charge in [-0.2, -0.15) is 0 Å². The molecule has 3 aliphatic rings. The van der Waals surface area contributed by atoms with E-state index in [1.165, 1.54) is 17.1 Å². The van der Waals surface area contributed by atoms with Crippen LogP contribution in [0.2, 0.25) is 0 Å². The Kier molecular flexibility index (Phi) is 15.3. The lowest BCUT2D eigenvalue weighted by atomic mass is 9.73. The van der Waals surface area contributed by atoms with Gasteiger partial charge < -0.3 is 49.8 Å². The summed E-state index contributed by atoms with van der Waals surface area (Å²) in [5.41, 5.74) is 1.06. The minimum Gasteiger partial charge on any atom is -0.442 e. The number of ether oxygens (including phenoxy) is 3. The number of imidazole rings is 1. The number of hydrogen-bond acceptors (Lipinski definition) is 10. The quantitative estimate of drug-likeness (QED) is 0.113. The van der Waals surface area contributed by atoms with Gasteiger partial charge in [-0.25, -0.2) is 22.9 Å². The SMILES string of the molecule is O=C(NCCOCCN1C(=O)C=CC1O)O[C@@H](CO)CNC(=O)C(C[C@@H]1CNC[C@@H]1F)[C@@H](c1nc(-c2cc(F)ccc2F)cn1Cc1ccccc1)C1CCOCC1. The first-order valence-electron chi connectivity index (χ1n) is 19.7. The van der Waals surface area contributed by atoms with Crippen molar-refractivity contribution in [2.24, 2.45) is 17.8 Å². The van der Waals surface area contributed by atoms with Gasteiger partial charge in [-0.3, -0.25) is 9.59 Å². The summed E-state index contributed by atoms with van der Waals surface area (Å²) < 4.78 is 63.4. The molecule has 4 heterocycles. The van der Waals surface area contributed by atoms with Gasteiger partial charge in [0.1, 0.15) is 36.0 Å². The van der Waals surface area contributed by atoms with E-state index in [1.54, 1.807) is 6.20 Å². The summed E-state index contributed by atoms with van der Waals surface area (Å²) in [5.74, 6) is -3.77. The molecule has 0 spiro atoms. The highest BCUT2D eigenvalue weighted by Crippen LogP contribution is 2.42. The molecule has 2 unspecified atom stereocenters. The van der Waals surface area contributed by atoms with Crippen molar-refractivity contribution >= 4 is 17.9 Å². The molecular formula is C41H51F3N6O8. The Hall–Kier alpha value is -4.81. The minimum atomic E-state index is -1.21. The first kappa shape index (κ1) is 42.8. The summed E-state index contributed by atoms with van der Waals surface area (Å²) in [4.78, 5) is 45.0. The molecule has 3 aromatic rings. The van der Waals surface area contributed by atoms with Crippen molar-refractivity contribution < 1.29 is 52.0 Å². The van der Waals surface area contributed by atoms with Crippen molar-refractivity contribution in [3.8, 4) is 11.3 Å². The van der Waals surface area contributed by atoms with Gasteiger partial charge in [0.2, 0.25) is 11.8 Å². The average molecular weight is 813 g/mol. The maximum atomic E-state index is 15.3. The standard InChI is InChI=1S/C41H51F3N6O8/c42-29-6-7-33(43)31(19-29)35-24-49(23-26-4-2-1-3-5-26)39(48-35)38(27-10-14-56-15-11-27)32(18-28-20-45-22-34(28)44)40(54)47-21-30(25-51)58-41(55)46-12-16-57-17-13-50-36(52)8-9-37(50)53/h1-9,19,24,27-28,30,32,34,36,38,45,51-52H,10-18,20-23,25H2,(H,46,55)(H,47,54)/t28-,30-,32?,34+,36?,38+/m1/s1. The van der Waals surface area contributed by atoms with Crippen LogP contribution < -0.4 is 16.0 Å². The van der Waals surface area contributed by atoms with Crippen LogP contribution in [-0.4, -0.2) is 127 Å². The first-order valence-corrected chi connectivity index (χ1v) is 19.7. The lowest BCUT2D eigenvalue weighted by Crippen LogP contribution is -2.45. The van der Waals surface area contributed by atoms with Gasteiger partial charge in [-0.15, -0.1) is 0 Å². The topological polar surface area (TPSA) is 177 Å². The molecule has 0 saturated carbocycles. The van der Waals surface area contributed by atoms with Crippen LogP contribution in [0.25, 0.3) is 11.3 Å². The predicted molar refractivity (Wildman–Crippen MR) is 205 cm³/mol. The molecule has 17 heteroatoms. The Bertz CT molecular complexity index is 1860. The van der Waals surface area contributed by atoms with E-state index in [2.05, 4.69) is 16.0 Å². The number of alkyl carbamates (subject to hydrolysis) is 1. The highest BCUT2D eigenvalue weighted by Gasteiger charge is 2.43. The third kappa shape index (κ3) is 11.2. The van der Waals surface area contributed by atoms with Gasteiger partial charge in [-0.1, -0.05) is 30.3 Å². The first-order chi connectivity index (χ1) is 28.1. The molecule has 0 aliphatic carbocycles. The normalized spacial score (nSPS) is 21.2. The largest absolute Gasteiger partial charge is 0.442 e. The number of aromatic nitrogens is 2. The fourth-order valence-electron chi connectivity index (χ4n) is 7.81. The fraction of sp³-hybridized carbons (Fsp3) is 0.512. The van der Waals surface area contributed by atoms with Crippen LogP contribution in [0.3, 0.4) is 0 Å². The van der Waals surface area contributed by atoms with Crippen LogP contribution in [0.1, 0.15) is 36.6 Å². The Morgan fingerprint density at radius 2 is 1.86 bits per heavy atom. The number of benzene rings is 2. The fourth-order valence-corrected chi connectivity index (χ4v) is 7.81. The number of hydrogen-bond donors (Lipinski definition) is 5. The molecule has 58 heavy (non-hydrogen) atoms.